The number of pyridine rings is 1. The normalized spacial score (nSPS) is 19.7. The lowest BCUT2D eigenvalue weighted by molar-refractivity contribution is 0.435. The number of rotatable bonds is 3. The molecule has 21 heavy (non-hydrogen) atoms. The lowest BCUT2D eigenvalue weighted by atomic mass is 9.96. The molecule has 0 bridgehead atoms. The van der Waals surface area contributed by atoms with E-state index >= 15 is 0 Å². The van der Waals surface area contributed by atoms with Gasteiger partial charge in [-0.3, -0.25) is 4.98 Å². The second-order valence-corrected chi connectivity index (χ2v) is 6.15. The molecule has 3 rings (SSSR count). The highest BCUT2D eigenvalue weighted by atomic mass is 15.1. The highest BCUT2D eigenvalue weighted by molar-refractivity contribution is 5.98. The molecule has 2 N–H and O–H groups in total. The Kier molecular flexibility index (Phi) is 4.28. The van der Waals surface area contributed by atoms with Crippen LogP contribution in [0.2, 0.25) is 0 Å². The van der Waals surface area contributed by atoms with Gasteiger partial charge in [0.2, 0.25) is 0 Å². The average Bonchev–Trinajstić information content (AvgIpc) is 2.74. The molecule has 1 aliphatic rings. The first-order valence-electron chi connectivity index (χ1n) is 8.17. The van der Waals surface area contributed by atoms with E-state index in [1.54, 1.807) is 0 Å². The standard InChI is InChI=1S/C18H25N3/c1-2-5-14-6-4-12-21(13-10-14)17-9-8-16(19)18-15(17)7-3-11-20-18/h3,7-9,11,14H,2,4-6,10,12-13,19H2,1H3. The Hall–Kier alpha value is -1.77. The summed E-state index contributed by atoms with van der Waals surface area (Å²) in [7, 11) is 0. The number of aromatic nitrogens is 1. The van der Waals surface area contributed by atoms with Gasteiger partial charge in [-0.2, -0.15) is 0 Å². The SMILES string of the molecule is CCCC1CCCN(c2ccc(N)c3ncccc23)CC1. The van der Waals surface area contributed by atoms with E-state index in [1.807, 2.05) is 18.3 Å². The molecule has 2 heterocycles. The highest BCUT2D eigenvalue weighted by Gasteiger charge is 2.18. The van der Waals surface area contributed by atoms with Crippen LogP contribution in [0, 0.1) is 5.92 Å². The molecule has 0 aliphatic carbocycles. The maximum absolute atomic E-state index is 6.07. The smallest absolute Gasteiger partial charge is 0.0951 e. The van der Waals surface area contributed by atoms with Gasteiger partial charge in [0.25, 0.3) is 0 Å². The van der Waals surface area contributed by atoms with E-state index < -0.39 is 0 Å². The second kappa shape index (κ2) is 6.33. The number of anilines is 2. The molecule has 1 unspecified atom stereocenters. The first-order valence-corrected chi connectivity index (χ1v) is 8.17. The van der Waals surface area contributed by atoms with Gasteiger partial charge in [0, 0.05) is 30.4 Å². The molecule has 0 spiro atoms. The summed E-state index contributed by atoms with van der Waals surface area (Å²) < 4.78 is 0. The molecule has 0 saturated carbocycles. The molecule has 112 valence electrons. The van der Waals surface area contributed by atoms with Gasteiger partial charge in [0.05, 0.1) is 11.2 Å². The van der Waals surface area contributed by atoms with Gasteiger partial charge in [-0.1, -0.05) is 19.8 Å². The number of nitrogens with two attached hydrogens (primary N) is 1. The summed E-state index contributed by atoms with van der Waals surface area (Å²) in [6.45, 7) is 4.59. The van der Waals surface area contributed by atoms with Crippen LogP contribution in [0.25, 0.3) is 10.9 Å². The Balaban J connectivity index is 1.88. The average molecular weight is 283 g/mol. The summed E-state index contributed by atoms with van der Waals surface area (Å²) in [5.74, 6) is 0.901. The molecule has 1 fully saturated rings. The van der Waals surface area contributed by atoms with Crippen LogP contribution >= 0.6 is 0 Å². The Labute approximate surface area is 127 Å². The fourth-order valence-corrected chi connectivity index (χ4v) is 3.56. The van der Waals surface area contributed by atoms with Crippen molar-refractivity contribution in [1.29, 1.82) is 0 Å². The van der Waals surface area contributed by atoms with E-state index in [0.717, 1.165) is 30.2 Å². The van der Waals surface area contributed by atoms with Crippen LogP contribution in [-0.4, -0.2) is 18.1 Å². The minimum atomic E-state index is 0.771. The summed E-state index contributed by atoms with van der Waals surface area (Å²) in [6, 6.07) is 8.31. The Bertz CT molecular complexity index is 608. The third kappa shape index (κ3) is 2.97. The summed E-state index contributed by atoms with van der Waals surface area (Å²) >= 11 is 0. The van der Waals surface area contributed by atoms with Gasteiger partial charge in [-0.25, -0.2) is 0 Å². The Morgan fingerprint density at radius 3 is 3.00 bits per heavy atom. The number of benzene rings is 1. The van der Waals surface area contributed by atoms with Crippen molar-refractivity contribution >= 4 is 22.3 Å². The van der Waals surface area contributed by atoms with Crippen molar-refractivity contribution in [3.05, 3.63) is 30.5 Å². The number of hydrogen-bond donors (Lipinski definition) is 1. The molecule has 1 aromatic carbocycles. The van der Waals surface area contributed by atoms with E-state index in [0.29, 0.717) is 0 Å². The molecule has 1 aliphatic heterocycles. The van der Waals surface area contributed by atoms with Crippen LogP contribution in [0.5, 0.6) is 0 Å². The van der Waals surface area contributed by atoms with Gasteiger partial charge in [-0.15, -0.1) is 0 Å². The van der Waals surface area contributed by atoms with Crippen molar-refractivity contribution in [3.63, 3.8) is 0 Å². The Morgan fingerprint density at radius 2 is 2.14 bits per heavy atom. The van der Waals surface area contributed by atoms with Crippen molar-refractivity contribution in [1.82, 2.24) is 4.98 Å². The first kappa shape index (κ1) is 14.2. The molecule has 0 radical (unpaired) electrons. The lowest BCUT2D eigenvalue weighted by Crippen LogP contribution is -2.24. The monoisotopic (exact) mass is 283 g/mol. The fraction of sp³-hybridized carbons (Fsp3) is 0.500. The highest BCUT2D eigenvalue weighted by Crippen LogP contribution is 2.32. The topological polar surface area (TPSA) is 42.1 Å². The van der Waals surface area contributed by atoms with E-state index in [-0.39, 0.29) is 0 Å². The van der Waals surface area contributed by atoms with Crippen molar-refractivity contribution < 1.29 is 0 Å². The zero-order valence-corrected chi connectivity index (χ0v) is 12.9. The lowest BCUT2D eigenvalue weighted by Gasteiger charge is -2.24. The van der Waals surface area contributed by atoms with Gasteiger partial charge >= 0.3 is 0 Å². The van der Waals surface area contributed by atoms with Gasteiger partial charge < -0.3 is 10.6 Å². The second-order valence-electron chi connectivity index (χ2n) is 6.15. The molecular weight excluding hydrogens is 258 g/mol. The summed E-state index contributed by atoms with van der Waals surface area (Å²) in [5, 5.41) is 1.19. The quantitative estimate of drug-likeness (QED) is 0.857. The zero-order valence-electron chi connectivity index (χ0n) is 12.9. The van der Waals surface area contributed by atoms with Gasteiger partial charge in [-0.05, 0) is 49.4 Å². The summed E-state index contributed by atoms with van der Waals surface area (Å²) in [5.41, 5.74) is 9.07. The van der Waals surface area contributed by atoms with Crippen molar-refractivity contribution in [2.24, 2.45) is 5.92 Å². The van der Waals surface area contributed by atoms with E-state index in [2.05, 4.69) is 28.9 Å². The molecule has 0 amide bonds. The first-order chi connectivity index (χ1) is 10.3. The maximum atomic E-state index is 6.07. The van der Waals surface area contributed by atoms with Crippen molar-refractivity contribution in [3.8, 4) is 0 Å². The third-order valence-corrected chi connectivity index (χ3v) is 4.66. The summed E-state index contributed by atoms with van der Waals surface area (Å²) in [6.07, 6.45) is 8.46. The van der Waals surface area contributed by atoms with Crippen LogP contribution in [0.4, 0.5) is 11.4 Å². The molecule has 3 heteroatoms. The Morgan fingerprint density at radius 1 is 1.24 bits per heavy atom. The maximum Gasteiger partial charge on any atom is 0.0951 e. The van der Waals surface area contributed by atoms with Crippen LogP contribution in [-0.2, 0) is 0 Å². The minimum absolute atomic E-state index is 0.771. The number of nitrogens with zero attached hydrogens (tertiary/aromatic N) is 2. The molecule has 1 aromatic heterocycles. The van der Waals surface area contributed by atoms with Gasteiger partial charge in [0.15, 0.2) is 0 Å². The number of nitrogen functional groups attached to an aromatic ring is 1. The van der Waals surface area contributed by atoms with Crippen LogP contribution in [0.3, 0.4) is 0 Å². The van der Waals surface area contributed by atoms with Crippen molar-refractivity contribution in [2.45, 2.75) is 39.0 Å². The molecule has 1 atom stereocenters. The van der Waals surface area contributed by atoms with Crippen molar-refractivity contribution in [2.75, 3.05) is 23.7 Å². The number of hydrogen-bond acceptors (Lipinski definition) is 3. The zero-order chi connectivity index (χ0) is 14.7. The number of fused-ring (bicyclic) bond motifs is 1. The van der Waals surface area contributed by atoms with Gasteiger partial charge in [0.1, 0.15) is 0 Å². The summed E-state index contributed by atoms with van der Waals surface area (Å²) in [4.78, 5) is 6.98. The molecule has 3 nitrogen and oxygen atoms in total. The predicted octanol–water partition coefficient (Wildman–Crippen LogP) is 4.22. The van der Waals surface area contributed by atoms with E-state index in [1.165, 1.54) is 43.2 Å². The van der Waals surface area contributed by atoms with Crippen LogP contribution < -0.4 is 10.6 Å². The fourth-order valence-electron chi connectivity index (χ4n) is 3.56. The third-order valence-electron chi connectivity index (χ3n) is 4.66. The largest absolute Gasteiger partial charge is 0.397 e. The van der Waals surface area contributed by atoms with E-state index in [9.17, 15) is 0 Å². The molecular formula is C18H25N3. The van der Waals surface area contributed by atoms with E-state index in [4.69, 9.17) is 5.73 Å². The van der Waals surface area contributed by atoms with Crippen LogP contribution in [0.15, 0.2) is 30.5 Å². The van der Waals surface area contributed by atoms with Crippen LogP contribution in [0.1, 0.15) is 39.0 Å². The molecule has 2 aromatic rings. The molecule has 1 saturated heterocycles. The predicted molar refractivity (Wildman–Crippen MR) is 90.6 cm³/mol. The minimum Gasteiger partial charge on any atom is -0.397 e.